The van der Waals surface area contributed by atoms with Gasteiger partial charge in [-0.1, -0.05) is 18.2 Å². The lowest BCUT2D eigenvalue weighted by Gasteiger charge is -2.08. The number of pyridine rings is 1. The van der Waals surface area contributed by atoms with E-state index in [-0.39, 0.29) is 5.69 Å². The fourth-order valence-corrected chi connectivity index (χ4v) is 1.52. The summed E-state index contributed by atoms with van der Waals surface area (Å²) in [4.78, 5) is 4.08. The third-order valence-electron chi connectivity index (χ3n) is 2.45. The van der Waals surface area contributed by atoms with Gasteiger partial charge < -0.3 is 15.8 Å². The fourth-order valence-electron chi connectivity index (χ4n) is 1.52. The van der Waals surface area contributed by atoms with Crippen LogP contribution >= 0.6 is 0 Å². The number of para-hydroxylation sites is 1. The molecule has 0 atom stereocenters. The highest BCUT2D eigenvalue weighted by atomic mass is 16.5. The molecule has 2 aromatic rings. The van der Waals surface area contributed by atoms with Gasteiger partial charge in [-0.3, -0.25) is 0 Å². The number of rotatable bonds is 5. The summed E-state index contributed by atoms with van der Waals surface area (Å²) in [6.07, 6.45) is 0. The molecule has 3 N–H and O–H groups in total. The lowest BCUT2D eigenvalue weighted by Crippen LogP contribution is -2.12. The zero-order valence-corrected chi connectivity index (χ0v) is 10.3. The molecule has 5 nitrogen and oxygen atoms in total. The first-order valence-corrected chi connectivity index (χ1v) is 5.88. The first-order valence-electron chi connectivity index (χ1n) is 5.88. The van der Waals surface area contributed by atoms with Gasteiger partial charge >= 0.3 is 0 Å². The number of anilines is 2. The van der Waals surface area contributed by atoms with Crippen molar-refractivity contribution >= 4 is 11.5 Å². The van der Waals surface area contributed by atoms with Crippen LogP contribution in [0.2, 0.25) is 0 Å². The Kier molecular flexibility index (Phi) is 4.19. The molecule has 0 saturated carbocycles. The van der Waals surface area contributed by atoms with Crippen molar-refractivity contribution in [3.63, 3.8) is 0 Å². The average Bonchev–Trinajstić information content (AvgIpc) is 2.46. The molecule has 0 saturated heterocycles. The first kappa shape index (κ1) is 12.7. The summed E-state index contributed by atoms with van der Waals surface area (Å²) in [5.41, 5.74) is 6.21. The van der Waals surface area contributed by atoms with Crippen molar-refractivity contribution in [2.45, 2.75) is 0 Å². The molecular weight excluding hydrogens is 240 g/mol. The number of hydrogen-bond acceptors (Lipinski definition) is 5. The van der Waals surface area contributed by atoms with Crippen molar-refractivity contribution < 1.29 is 4.74 Å². The summed E-state index contributed by atoms with van der Waals surface area (Å²) in [7, 11) is 0. The van der Waals surface area contributed by atoms with E-state index < -0.39 is 0 Å². The van der Waals surface area contributed by atoms with Gasteiger partial charge in [0.25, 0.3) is 0 Å². The lowest BCUT2D eigenvalue weighted by atomic mass is 10.3. The van der Waals surface area contributed by atoms with Crippen LogP contribution in [0.15, 0.2) is 42.5 Å². The monoisotopic (exact) mass is 254 g/mol. The third-order valence-corrected chi connectivity index (χ3v) is 2.45. The minimum atomic E-state index is 0.231. The van der Waals surface area contributed by atoms with Crippen molar-refractivity contribution in [2.75, 3.05) is 24.2 Å². The maximum atomic E-state index is 8.82. The molecular formula is C14H14N4O. The Morgan fingerprint density at radius 1 is 1.21 bits per heavy atom. The second-order valence-corrected chi connectivity index (χ2v) is 3.83. The zero-order valence-electron chi connectivity index (χ0n) is 10.3. The highest BCUT2D eigenvalue weighted by Crippen LogP contribution is 2.12. The Balaban J connectivity index is 1.82. The van der Waals surface area contributed by atoms with Gasteiger partial charge in [0.05, 0.1) is 12.2 Å². The van der Waals surface area contributed by atoms with Gasteiger partial charge in [0.1, 0.15) is 24.2 Å². The maximum absolute atomic E-state index is 8.82. The van der Waals surface area contributed by atoms with E-state index in [1.165, 1.54) is 0 Å². The van der Waals surface area contributed by atoms with Crippen LogP contribution in [-0.2, 0) is 0 Å². The number of nitrogens with zero attached hydrogens (tertiary/aromatic N) is 2. The number of nitrogens with one attached hydrogen (secondary N) is 1. The number of aromatic nitrogens is 1. The Bertz CT molecular complexity index is 578. The van der Waals surface area contributed by atoms with Gasteiger partial charge in [0.2, 0.25) is 0 Å². The van der Waals surface area contributed by atoms with E-state index in [1.54, 1.807) is 12.1 Å². The van der Waals surface area contributed by atoms with Crippen LogP contribution in [0.5, 0.6) is 5.75 Å². The molecule has 19 heavy (non-hydrogen) atoms. The number of nitrogen functional groups attached to an aromatic ring is 1. The molecule has 0 aliphatic heterocycles. The van der Waals surface area contributed by atoms with Crippen molar-refractivity contribution in [2.24, 2.45) is 0 Å². The molecule has 1 heterocycles. The van der Waals surface area contributed by atoms with Gasteiger partial charge in [-0.25, -0.2) is 4.98 Å². The molecule has 0 aliphatic carbocycles. The van der Waals surface area contributed by atoms with Gasteiger partial charge in [-0.15, -0.1) is 0 Å². The normalized spacial score (nSPS) is 9.63. The molecule has 0 aliphatic rings. The van der Waals surface area contributed by atoms with Crippen LogP contribution in [0.4, 0.5) is 11.5 Å². The van der Waals surface area contributed by atoms with E-state index in [0.717, 1.165) is 5.75 Å². The SMILES string of the molecule is N#Cc1nc(NCCOc2ccccc2)ccc1N. The maximum Gasteiger partial charge on any atom is 0.165 e. The highest BCUT2D eigenvalue weighted by Gasteiger charge is 2.01. The van der Waals surface area contributed by atoms with Crippen molar-refractivity contribution in [3.05, 3.63) is 48.2 Å². The predicted octanol–water partition coefficient (Wildman–Crippen LogP) is 2.03. The van der Waals surface area contributed by atoms with Crippen LogP contribution in [0.3, 0.4) is 0 Å². The van der Waals surface area contributed by atoms with E-state index in [4.69, 9.17) is 15.7 Å². The van der Waals surface area contributed by atoms with E-state index >= 15 is 0 Å². The van der Waals surface area contributed by atoms with E-state index in [0.29, 0.717) is 24.7 Å². The highest BCUT2D eigenvalue weighted by molar-refractivity contribution is 5.54. The standard InChI is InChI=1S/C14H14N4O/c15-10-13-12(16)6-7-14(18-13)17-8-9-19-11-4-2-1-3-5-11/h1-7H,8-9,16H2,(H,17,18). The summed E-state index contributed by atoms with van der Waals surface area (Å²) in [6, 6.07) is 14.9. The molecule has 0 fully saturated rings. The quantitative estimate of drug-likeness (QED) is 0.797. The molecule has 96 valence electrons. The summed E-state index contributed by atoms with van der Waals surface area (Å²) < 4.78 is 5.53. The molecule has 0 spiro atoms. The molecule has 2 rings (SSSR count). The lowest BCUT2D eigenvalue weighted by molar-refractivity contribution is 0.333. The average molecular weight is 254 g/mol. The number of nitriles is 1. The van der Waals surface area contributed by atoms with Gasteiger partial charge in [-0.2, -0.15) is 5.26 Å². The minimum absolute atomic E-state index is 0.231. The van der Waals surface area contributed by atoms with Crippen LogP contribution in [0.25, 0.3) is 0 Å². The Morgan fingerprint density at radius 3 is 2.74 bits per heavy atom. The molecule has 0 bridgehead atoms. The summed E-state index contributed by atoms with van der Waals surface area (Å²) in [6.45, 7) is 1.11. The van der Waals surface area contributed by atoms with Crippen molar-refractivity contribution in [1.29, 1.82) is 5.26 Å². The largest absolute Gasteiger partial charge is 0.492 e. The topological polar surface area (TPSA) is 84.0 Å². The van der Waals surface area contributed by atoms with Crippen molar-refractivity contribution in [3.8, 4) is 11.8 Å². The van der Waals surface area contributed by atoms with Crippen LogP contribution < -0.4 is 15.8 Å². The Hall–Kier alpha value is -2.74. The summed E-state index contributed by atoms with van der Waals surface area (Å²) in [5, 5.41) is 11.9. The van der Waals surface area contributed by atoms with E-state index in [9.17, 15) is 0 Å². The van der Waals surface area contributed by atoms with E-state index in [2.05, 4.69) is 10.3 Å². The molecule has 0 amide bonds. The molecule has 0 unspecified atom stereocenters. The number of benzene rings is 1. The van der Waals surface area contributed by atoms with Gasteiger partial charge in [0.15, 0.2) is 5.69 Å². The molecule has 1 aromatic carbocycles. The predicted molar refractivity (Wildman–Crippen MR) is 73.8 cm³/mol. The van der Waals surface area contributed by atoms with E-state index in [1.807, 2.05) is 36.4 Å². The Labute approximate surface area is 111 Å². The van der Waals surface area contributed by atoms with Crippen molar-refractivity contribution in [1.82, 2.24) is 4.98 Å². The number of hydrogen-bond donors (Lipinski definition) is 2. The summed E-state index contributed by atoms with van der Waals surface area (Å²) >= 11 is 0. The van der Waals surface area contributed by atoms with Crippen LogP contribution in [0, 0.1) is 11.3 Å². The second kappa shape index (κ2) is 6.26. The number of ether oxygens (including phenoxy) is 1. The van der Waals surface area contributed by atoms with Gasteiger partial charge in [0, 0.05) is 0 Å². The number of nitrogens with two attached hydrogens (primary N) is 1. The zero-order chi connectivity index (χ0) is 13.5. The summed E-state index contributed by atoms with van der Waals surface area (Å²) in [5.74, 6) is 1.44. The molecule has 0 radical (unpaired) electrons. The molecule has 5 heteroatoms. The minimum Gasteiger partial charge on any atom is -0.492 e. The van der Waals surface area contributed by atoms with Crippen LogP contribution in [-0.4, -0.2) is 18.1 Å². The Morgan fingerprint density at radius 2 is 2.00 bits per heavy atom. The third kappa shape index (κ3) is 3.61. The second-order valence-electron chi connectivity index (χ2n) is 3.83. The fraction of sp³-hybridized carbons (Fsp3) is 0.143. The first-order chi connectivity index (χ1) is 9.29. The molecule has 1 aromatic heterocycles. The van der Waals surface area contributed by atoms with Crippen LogP contribution in [0.1, 0.15) is 5.69 Å². The smallest absolute Gasteiger partial charge is 0.165 e. The van der Waals surface area contributed by atoms with Gasteiger partial charge in [-0.05, 0) is 24.3 Å².